The van der Waals surface area contributed by atoms with E-state index in [9.17, 15) is 4.79 Å². The Hall–Kier alpha value is -1.81. The highest BCUT2D eigenvalue weighted by Crippen LogP contribution is 2.34. The van der Waals surface area contributed by atoms with Crippen LogP contribution in [0.5, 0.6) is 0 Å². The van der Waals surface area contributed by atoms with Gasteiger partial charge in [0.05, 0.1) is 0 Å². The van der Waals surface area contributed by atoms with Crippen LogP contribution in [0.2, 0.25) is 0 Å². The summed E-state index contributed by atoms with van der Waals surface area (Å²) in [5, 5.41) is 5.95. The number of likely N-dealkylation sites (N-methyl/N-ethyl adjacent to an activating group) is 1. The summed E-state index contributed by atoms with van der Waals surface area (Å²) >= 11 is 0. The lowest BCUT2D eigenvalue weighted by Gasteiger charge is -2.28. The highest BCUT2D eigenvalue weighted by atomic mass is 16.2. The van der Waals surface area contributed by atoms with Gasteiger partial charge in [-0.15, -0.1) is 6.58 Å². The van der Waals surface area contributed by atoms with Gasteiger partial charge >= 0.3 is 0 Å². The Morgan fingerprint density at radius 2 is 2.26 bits per heavy atom. The maximum atomic E-state index is 11.8. The zero-order valence-electron chi connectivity index (χ0n) is 11.7. The SMILES string of the molecule is C=CCN(c1ccc2c(c1)NC(=O)C2NC)C(C)C. The van der Waals surface area contributed by atoms with Crippen molar-refractivity contribution in [3.8, 4) is 0 Å². The van der Waals surface area contributed by atoms with Gasteiger partial charge in [0, 0.05) is 29.5 Å². The van der Waals surface area contributed by atoms with Crippen molar-refractivity contribution in [1.82, 2.24) is 5.32 Å². The zero-order chi connectivity index (χ0) is 14.0. The van der Waals surface area contributed by atoms with Crippen molar-refractivity contribution in [2.75, 3.05) is 23.8 Å². The van der Waals surface area contributed by atoms with Gasteiger partial charge in [-0.2, -0.15) is 0 Å². The predicted octanol–water partition coefficient (Wildman–Crippen LogP) is 2.30. The van der Waals surface area contributed by atoms with E-state index in [1.54, 1.807) is 7.05 Å². The topological polar surface area (TPSA) is 44.4 Å². The van der Waals surface area contributed by atoms with E-state index in [2.05, 4.69) is 42.0 Å². The van der Waals surface area contributed by atoms with Crippen molar-refractivity contribution in [3.63, 3.8) is 0 Å². The molecule has 2 N–H and O–H groups in total. The van der Waals surface area contributed by atoms with Crippen LogP contribution in [0.4, 0.5) is 11.4 Å². The molecule has 102 valence electrons. The average Bonchev–Trinajstić information content (AvgIpc) is 2.69. The minimum absolute atomic E-state index is 0.00877. The monoisotopic (exact) mass is 259 g/mol. The lowest BCUT2D eigenvalue weighted by Crippen LogP contribution is -2.30. The molecule has 1 aromatic rings. The van der Waals surface area contributed by atoms with Crippen LogP contribution >= 0.6 is 0 Å². The molecule has 4 nitrogen and oxygen atoms in total. The number of hydrogen-bond acceptors (Lipinski definition) is 3. The zero-order valence-corrected chi connectivity index (χ0v) is 11.7. The quantitative estimate of drug-likeness (QED) is 0.798. The Bertz CT molecular complexity index is 496. The molecule has 1 amide bonds. The molecule has 1 heterocycles. The van der Waals surface area contributed by atoms with Crippen molar-refractivity contribution in [1.29, 1.82) is 0 Å². The van der Waals surface area contributed by atoms with E-state index in [1.165, 1.54) is 0 Å². The van der Waals surface area contributed by atoms with Gasteiger partial charge in [0.2, 0.25) is 5.91 Å². The van der Waals surface area contributed by atoms with Crippen molar-refractivity contribution in [2.45, 2.75) is 25.9 Å². The van der Waals surface area contributed by atoms with E-state index < -0.39 is 0 Å². The first kappa shape index (κ1) is 13.6. The maximum Gasteiger partial charge on any atom is 0.246 e. The first-order valence-corrected chi connectivity index (χ1v) is 6.58. The third-order valence-corrected chi connectivity index (χ3v) is 3.44. The Morgan fingerprint density at radius 3 is 2.84 bits per heavy atom. The number of hydrogen-bond donors (Lipinski definition) is 2. The number of benzene rings is 1. The Labute approximate surface area is 114 Å². The largest absolute Gasteiger partial charge is 0.365 e. The van der Waals surface area contributed by atoms with E-state index in [4.69, 9.17) is 0 Å². The summed E-state index contributed by atoms with van der Waals surface area (Å²) in [6.07, 6.45) is 1.89. The van der Waals surface area contributed by atoms with E-state index in [0.29, 0.717) is 6.04 Å². The molecule has 19 heavy (non-hydrogen) atoms. The van der Waals surface area contributed by atoms with Crippen molar-refractivity contribution >= 4 is 17.3 Å². The van der Waals surface area contributed by atoms with Crippen LogP contribution < -0.4 is 15.5 Å². The predicted molar refractivity (Wildman–Crippen MR) is 79.6 cm³/mol. The summed E-state index contributed by atoms with van der Waals surface area (Å²) in [5.41, 5.74) is 3.01. The first-order chi connectivity index (χ1) is 9.08. The Morgan fingerprint density at radius 1 is 1.53 bits per heavy atom. The van der Waals surface area contributed by atoms with Crippen LogP contribution in [0.15, 0.2) is 30.9 Å². The number of amides is 1. The van der Waals surface area contributed by atoms with Gasteiger partial charge in [-0.1, -0.05) is 12.1 Å². The lowest BCUT2D eigenvalue weighted by molar-refractivity contribution is -0.117. The fourth-order valence-corrected chi connectivity index (χ4v) is 2.47. The third-order valence-electron chi connectivity index (χ3n) is 3.44. The Kier molecular flexibility index (Phi) is 3.90. The molecular formula is C15H21N3O. The number of anilines is 2. The Balaban J connectivity index is 2.34. The van der Waals surface area contributed by atoms with Gasteiger partial charge < -0.3 is 15.5 Å². The molecule has 0 bridgehead atoms. The average molecular weight is 259 g/mol. The maximum absolute atomic E-state index is 11.8. The second-order valence-corrected chi connectivity index (χ2v) is 5.02. The van der Waals surface area contributed by atoms with Crippen LogP contribution in [0.3, 0.4) is 0 Å². The van der Waals surface area contributed by atoms with Crippen LogP contribution in [-0.2, 0) is 4.79 Å². The van der Waals surface area contributed by atoms with Gasteiger partial charge in [-0.25, -0.2) is 0 Å². The molecule has 0 fully saturated rings. The summed E-state index contributed by atoms with van der Waals surface area (Å²) in [6, 6.07) is 6.26. The van der Waals surface area contributed by atoms with E-state index in [-0.39, 0.29) is 11.9 Å². The molecule has 0 saturated carbocycles. The molecule has 0 aromatic heterocycles. The number of carbonyl (C=O) groups excluding carboxylic acids is 1. The smallest absolute Gasteiger partial charge is 0.246 e. The minimum Gasteiger partial charge on any atom is -0.365 e. The summed E-state index contributed by atoms with van der Waals surface area (Å²) in [7, 11) is 1.80. The van der Waals surface area contributed by atoms with Gasteiger partial charge in [-0.3, -0.25) is 4.79 Å². The molecular weight excluding hydrogens is 238 g/mol. The number of nitrogens with zero attached hydrogens (tertiary/aromatic N) is 1. The van der Waals surface area contributed by atoms with E-state index in [0.717, 1.165) is 23.5 Å². The lowest BCUT2D eigenvalue weighted by atomic mass is 10.1. The number of rotatable bonds is 5. The van der Waals surface area contributed by atoms with Gasteiger partial charge in [0.15, 0.2) is 0 Å². The molecule has 0 spiro atoms. The van der Waals surface area contributed by atoms with Crippen LogP contribution in [-0.4, -0.2) is 25.5 Å². The van der Waals surface area contributed by atoms with Gasteiger partial charge in [0.25, 0.3) is 0 Å². The molecule has 1 aliphatic rings. The van der Waals surface area contributed by atoms with Gasteiger partial charge in [0.1, 0.15) is 6.04 Å². The standard InChI is InChI=1S/C15H21N3O/c1-5-8-18(10(2)3)11-6-7-12-13(9-11)17-15(19)14(12)16-4/h5-7,9-10,14,16H,1,8H2,2-4H3,(H,17,19). The molecule has 0 aliphatic carbocycles. The fourth-order valence-electron chi connectivity index (χ4n) is 2.47. The molecule has 0 saturated heterocycles. The second-order valence-electron chi connectivity index (χ2n) is 5.02. The minimum atomic E-state index is -0.240. The summed E-state index contributed by atoms with van der Waals surface area (Å²) < 4.78 is 0. The fraction of sp³-hybridized carbons (Fsp3) is 0.400. The third kappa shape index (κ3) is 2.49. The summed E-state index contributed by atoms with van der Waals surface area (Å²) in [5.74, 6) is 0.00877. The summed E-state index contributed by atoms with van der Waals surface area (Å²) in [6.45, 7) is 8.88. The molecule has 0 radical (unpaired) electrons. The van der Waals surface area contributed by atoms with E-state index >= 15 is 0 Å². The van der Waals surface area contributed by atoms with Crippen molar-refractivity contribution in [2.24, 2.45) is 0 Å². The molecule has 4 heteroatoms. The summed E-state index contributed by atoms with van der Waals surface area (Å²) in [4.78, 5) is 14.0. The molecule has 2 rings (SSSR count). The molecule has 1 unspecified atom stereocenters. The molecule has 1 aliphatic heterocycles. The second kappa shape index (κ2) is 5.45. The highest BCUT2D eigenvalue weighted by Gasteiger charge is 2.29. The van der Waals surface area contributed by atoms with Crippen molar-refractivity contribution < 1.29 is 4.79 Å². The first-order valence-electron chi connectivity index (χ1n) is 6.58. The van der Waals surface area contributed by atoms with Crippen LogP contribution in [0.1, 0.15) is 25.5 Å². The van der Waals surface area contributed by atoms with Gasteiger partial charge in [-0.05, 0) is 33.0 Å². The molecule has 1 aromatic carbocycles. The number of fused-ring (bicyclic) bond motifs is 1. The van der Waals surface area contributed by atoms with Crippen molar-refractivity contribution in [3.05, 3.63) is 36.4 Å². The van der Waals surface area contributed by atoms with E-state index in [1.807, 2.05) is 18.2 Å². The van der Waals surface area contributed by atoms with Crippen LogP contribution in [0, 0.1) is 0 Å². The normalized spacial score (nSPS) is 17.3. The molecule has 1 atom stereocenters. The number of nitrogens with one attached hydrogen (secondary N) is 2. The highest BCUT2D eigenvalue weighted by molar-refractivity contribution is 6.03. The van der Waals surface area contributed by atoms with Crippen LogP contribution in [0.25, 0.3) is 0 Å². The number of carbonyl (C=O) groups is 1.